The van der Waals surface area contributed by atoms with Crippen LogP contribution in [-0.2, 0) is 13.1 Å². The molecule has 1 aliphatic heterocycles. The van der Waals surface area contributed by atoms with Gasteiger partial charge in [0.25, 0.3) is 0 Å². The van der Waals surface area contributed by atoms with Gasteiger partial charge in [0.2, 0.25) is 0 Å². The van der Waals surface area contributed by atoms with Gasteiger partial charge in [-0.25, -0.2) is 0 Å². The number of hydrogen-bond acceptors (Lipinski definition) is 4. The molecule has 0 unspecified atom stereocenters. The minimum atomic E-state index is 0.711. The van der Waals surface area contributed by atoms with Crippen LogP contribution in [-0.4, -0.2) is 36.0 Å². The standard InChI is InChI=1S/C20H20N4/c21-13-17-4-6-18(7-5-17)15-23-8-10-24(11-9-23)16-20-3-1-2-19(12-20)14-22/h1-7,12H,8-11,15-16H2. The summed E-state index contributed by atoms with van der Waals surface area (Å²) in [7, 11) is 0. The van der Waals surface area contributed by atoms with Gasteiger partial charge in [-0.15, -0.1) is 0 Å². The van der Waals surface area contributed by atoms with E-state index in [1.165, 1.54) is 11.1 Å². The topological polar surface area (TPSA) is 54.1 Å². The molecule has 0 radical (unpaired) electrons. The highest BCUT2D eigenvalue weighted by molar-refractivity contribution is 5.33. The van der Waals surface area contributed by atoms with Crippen molar-refractivity contribution in [2.75, 3.05) is 26.2 Å². The van der Waals surface area contributed by atoms with Crippen LogP contribution in [0.3, 0.4) is 0 Å². The van der Waals surface area contributed by atoms with Gasteiger partial charge in [0.15, 0.2) is 0 Å². The van der Waals surface area contributed by atoms with E-state index in [0.717, 1.165) is 44.8 Å². The van der Waals surface area contributed by atoms with Crippen molar-refractivity contribution in [3.8, 4) is 12.1 Å². The molecule has 4 heteroatoms. The van der Waals surface area contributed by atoms with Gasteiger partial charge in [-0.1, -0.05) is 24.3 Å². The SMILES string of the molecule is N#Cc1ccc(CN2CCN(Cc3cccc(C#N)c3)CC2)cc1. The first-order valence-electron chi connectivity index (χ1n) is 8.19. The molecule has 120 valence electrons. The Balaban J connectivity index is 1.50. The molecule has 1 fully saturated rings. The Bertz CT molecular complexity index is 759. The van der Waals surface area contributed by atoms with E-state index in [1.54, 1.807) is 0 Å². The summed E-state index contributed by atoms with van der Waals surface area (Å²) in [6.45, 7) is 5.99. The number of rotatable bonds is 4. The summed E-state index contributed by atoms with van der Waals surface area (Å²) in [4.78, 5) is 4.88. The normalized spacial score (nSPS) is 15.6. The molecule has 4 nitrogen and oxygen atoms in total. The molecule has 1 aliphatic rings. The summed E-state index contributed by atoms with van der Waals surface area (Å²) in [6, 6.07) is 20.1. The average molecular weight is 316 g/mol. The minimum absolute atomic E-state index is 0.711. The smallest absolute Gasteiger partial charge is 0.0991 e. The molecule has 2 aromatic carbocycles. The Labute approximate surface area is 143 Å². The van der Waals surface area contributed by atoms with E-state index in [2.05, 4.69) is 28.0 Å². The van der Waals surface area contributed by atoms with E-state index in [1.807, 2.05) is 42.5 Å². The van der Waals surface area contributed by atoms with Gasteiger partial charge in [-0.05, 0) is 35.4 Å². The van der Waals surface area contributed by atoms with Gasteiger partial charge in [-0.2, -0.15) is 10.5 Å². The summed E-state index contributed by atoms with van der Waals surface area (Å²) in [5.74, 6) is 0. The van der Waals surface area contributed by atoms with E-state index in [0.29, 0.717) is 5.56 Å². The number of nitriles is 2. The third kappa shape index (κ3) is 4.20. The molecule has 1 heterocycles. The molecule has 0 spiro atoms. The maximum Gasteiger partial charge on any atom is 0.0991 e. The quantitative estimate of drug-likeness (QED) is 0.870. The van der Waals surface area contributed by atoms with Crippen LogP contribution in [0.4, 0.5) is 0 Å². The molecule has 24 heavy (non-hydrogen) atoms. The lowest BCUT2D eigenvalue weighted by Crippen LogP contribution is -2.45. The van der Waals surface area contributed by atoms with Crippen molar-refractivity contribution in [3.05, 3.63) is 70.8 Å². The van der Waals surface area contributed by atoms with Crippen LogP contribution in [0.5, 0.6) is 0 Å². The molecule has 0 N–H and O–H groups in total. The van der Waals surface area contributed by atoms with Crippen LogP contribution in [0.2, 0.25) is 0 Å². The molecular formula is C20H20N4. The molecule has 2 aromatic rings. The zero-order valence-electron chi connectivity index (χ0n) is 13.7. The first kappa shape index (κ1) is 16.2. The second-order valence-corrected chi connectivity index (χ2v) is 6.17. The second kappa shape index (κ2) is 7.75. The van der Waals surface area contributed by atoms with Crippen LogP contribution in [0.25, 0.3) is 0 Å². The van der Waals surface area contributed by atoms with Crippen molar-refractivity contribution in [1.29, 1.82) is 10.5 Å². The van der Waals surface area contributed by atoms with Crippen LogP contribution >= 0.6 is 0 Å². The Morgan fingerprint density at radius 2 is 1.29 bits per heavy atom. The summed E-state index contributed by atoms with van der Waals surface area (Å²) < 4.78 is 0. The largest absolute Gasteiger partial charge is 0.297 e. The van der Waals surface area contributed by atoms with Gasteiger partial charge < -0.3 is 0 Å². The Kier molecular flexibility index (Phi) is 5.23. The maximum absolute atomic E-state index is 8.99. The fourth-order valence-corrected chi connectivity index (χ4v) is 3.05. The summed E-state index contributed by atoms with van der Waals surface area (Å²) >= 11 is 0. The van der Waals surface area contributed by atoms with Crippen molar-refractivity contribution in [3.63, 3.8) is 0 Å². The van der Waals surface area contributed by atoms with Crippen molar-refractivity contribution in [2.45, 2.75) is 13.1 Å². The molecule has 0 atom stereocenters. The lowest BCUT2D eigenvalue weighted by Gasteiger charge is -2.34. The summed E-state index contributed by atoms with van der Waals surface area (Å²) in [5, 5.41) is 17.8. The monoisotopic (exact) mass is 316 g/mol. The van der Waals surface area contributed by atoms with Crippen molar-refractivity contribution < 1.29 is 0 Å². The Hall–Kier alpha value is -2.66. The third-order valence-electron chi connectivity index (χ3n) is 4.42. The first-order valence-corrected chi connectivity index (χ1v) is 8.19. The zero-order chi connectivity index (χ0) is 16.8. The molecule has 3 rings (SSSR count). The lowest BCUT2D eigenvalue weighted by atomic mass is 10.1. The highest BCUT2D eigenvalue weighted by atomic mass is 15.3. The van der Waals surface area contributed by atoms with Gasteiger partial charge in [0, 0.05) is 39.3 Å². The van der Waals surface area contributed by atoms with Crippen LogP contribution < -0.4 is 0 Å². The number of piperazine rings is 1. The van der Waals surface area contributed by atoms with Gasteiger partial charge in [0.1, 0.15) is 0 Å². The first-order chi connectivity index (χ1) is 11.8. The van der Waals surface area contributed by atoms with E-state index < -0.39 is 0 Å². The molecule has 0 bridgehead atoms. The maximum atomic E-state index is 8.99. The highest BCUT2D eigenvalue weighted by Crippen LogP contribution is 2.13. The van der Waals surface area contributed by atoms with Crippen molar-refractivity contribution >= 4 is 0 Å². The molecular weight excluding hydrogens is 296 g/mol. The van der Waals surface area contributed by atoms with E-state index in [-0.39, 0.29) is 0 Å². The molecule has 0 aliphatic carbocycles. The number of hydrogen-bond donors (Lipinski definition) is 0. The Morgan fingerprint density at radius 1 is 0.708 bits per heavy atom. The predicted molar refractivity (Wildman–Crippen MR) is 92.9 cm³/mol. The minimum Gasteiger partial charge on any atom is -0.297 e. The van der Waals surface area contributed by atoms with E-state index in [4.69, 9.17) is 10.5 Å². The van der Waals surface area contributed by atoms with Gasteiger partial charge in [-0.3, -0.25) is 9.80 Å². The predicted octanol–water partition coefficient (Wildman–Crippen LogP) is 2.75. The number of nitrogens with zero attached hydrogens (tertiary/aromatic N) is 4. The molecule has 0 saturated carbocycles. The molecule has 1 saturated heterocycles. The van der Waals surface area contributed by atoms with Crippen LogP contribution in [0.15, 0.2) is 48.5 Å². The number of benzene rings is 2. The third-order valence-corrected chi connectivity index (χ3v) is 4.42. The van der Waals surface area contributed by atoms with Gasteiger partial charge in [0.05, 0.1) is 23.3 Å². The second-order valence-electron chi connectivity index (χ2n) is 6.17. The van der Waals surface area contributed by atoms with Crippen molar-refractivity contribution in [1.82, 2.24) is 9.80 Å². The zero-order valence-corrected chi connectivity index (χ0v) is 13.7. The Morgan fingerprint density at radius 3 is 1.88 bits per heavy atom. The van der Waals surface area contributed by atoms with Gasteiger partial charge >= 0.3 is 0 Å². The highest BCUT2D eigenvalue weighted by Gasteiger charge is 2.17. The fraction of sp³-hybridized carbons (Fsp3) is 0.300. The van der Waals surface area contributed by atoms with E-state index >= 15 is 0 Å². The van der Waals surface area contributed by atoms with Crippen molar-refractivity contribution in [2.24, 2.45) is 0 Å². The average Bonchev–Trinajstić information content (AvgIpc) is 2.64. The molecule has 0 amide bonds. The summed E-state index contributed by atoms with van der Waals surface area (Å²) in [6.07, 6.45) is 0. The van der Waals surface area contributed by atoms with E-state index in [9.17, 15) is 0 Å². The molecule has 0 aromatic heterocycles. The lowest BCUT2D eigenvalue weighted by molar-refractivity contribution is 0.122. The fourth-order valence-electron chi connectivity index (χ4n) is 3.05. The van der Waals surface area contributed by atoms with Crippen LogP contribution in [0.1, 0.15) is 22.3 Å². The summed E-state index contributed by atoms with van der Waals surface area (Å²) in [5.41, 5.74) is 3.90. The van der Waals surface area contributed by atoms with Crippen LogP contribution in [0, 0.1) is 22.7 Å².